The van der Waals surface area contributed by atoms with Crippen molar-refractivity contribution in [3.05, 3.63) is 12.1 Å². The van der Waals surface area contributed by atoms with E-state index in [1.807, 2.05) is 0 Å². The Balaban J connectivity index is 2.48. The van der Waals surface area contributed by atoms with E-state index in [1.165, 1.54) is 26.4 Å². The lowest BCUT2D eigenvalue weighted by molar-refractivity contribution is 0.387. The van der Waals surface area contributed by atoms with E-state index >= 15 is 0 Å². The van der Waals surface area contributed by atoms with Crippen LogP contribution in [-0.4, -0.2) is 37.4 Å². The number of hydrogen-bond donors (Lipinski definition) is 2. The highest BCUT2D eigenvalue weighted by Gasteiger charge is 2.23. The summed E-state index contributed by atoms with van der Waals surface area (Å²) in [5.41, 5.74) is 5.89. The van der Waals surface area contributed by atoms with Gasteiger partial charge in [-0.15, -0.1) is 0 Å². The average Bonchev–Trinajstić information content (AvgIpc) is 2.90. The second-order valence-corrected chi connectivity index (χ2v) is 5.90. The first-order valence-corrected chi connectivity index (χ1v) is 7.43. The van der Waals surface area contributed by atoms with Crippen LogP contribution in [0.4, 0.5) is 10.8 Å². The summed E-state index contributed by atoms with van der Waals surface area (Å²) >= 11 is 0.811. The summed E-state index contributed by atoms with van der Waals surface area (Å²) < 4.78 is 40.3. The second kappa shape index (κ2) is 5.46. The number of hydrogen-bond acceptors (Lipinski definition) is 9. The fraction of sp³-hybridized carbons (Fsp3) is 0.222. The summed E-state index contributed by atoms with van der Waals surface area (Å²) in [4.78, 5) is -0.131. The molecule has 0 saturated heterocycles. The molecule has 2 rings (SSSR count). The lowest BCUT2D eigenvalue weighted by Gasteiger charge is -2.13. The quantitative estimate of drug-likeness (QED) is 0.755. The predicted molar refractivity (Wildman–Crippen MR) is 72.5 cm³/mol. The molecule has 0 saturated carbocycles. The highest BCUT2D eigenvalue weighted by Crippen LogP contribution is 2.34. The van der Waals surface area contributed by atoms with Crippen molar-refractivity contribution < 1.29 is 17.9 Å². The van der Waals surface area contributed by atoms with Crippen LogP contribution < -0.4 is 19.9 Å². The zero-order valence-corrected chi connectivity index (χ0v) is 12.2. The molecule has 0 amide bonds. The maximum atomic E-state index is 12.3. The van der Waals surface area contributed by atoms with Gasteiger partial charge in [-0.3, -0.25) is 4.72 Å². The Hall–Kier alpha value is -2.14. The van der Waals surface area contributed by atoms with E-state index in [-0.39, 0.29) is 21.5 Å². The van der Waals surface area contributed by atoms with E-state index < -0.39 is 10.0 Å². The van der Waals surface area contributed by atoms with Crippen LogP contribution in [0.2, 0.25) is 0 Å². The summed E-state index contributed by atoms with van der Waals surface area (Å²) in [5.74, 6) is 0.416. The van der Waals surface area contributed by atoms with Crippen molar-refractivity contribution in [2.45, 2.75) is 4.90 Å². The first kappa shape index (κ1) is 14.3. The average molecular weight is 317 g/mol. The Kier molecular flexibility index (Phi) is 3.90. The summed E-state index contributed by atoms with van der Waals surface area (Å²) in [7, 11) is -1.15. The fourth-order valence-corrected chi connectivity index (χ4v) is 3.22. The van der Waals surface area contributed by atoms with Gasteiger partial charge in [0.15, 0.2) is 0 Å². The maximum absolute atomic E-state index is 12.3. The van der Waals surface area contributed by atoms with E-state index in [9.17, 15) is 8.42 Å². The molecule has 0 radical (unpaired) electrons. The van der Waals surface area contributed by atoms with Crippen molar-refractivity contribution in [3.63, 3.8) is 0 Å². The molecule has 0 aliphatic rings. The molecule has 0 fully saturated rings. The predicted octanol–water partition coefficient (Wildman–Crippen LogP) is 0.333. The van der Waals surface area contributed by atoms with Crippen LogP contribution in [0.25, 0.3) is 0 Å². The molecule has 0 bridgehead atoms. The van der Waals surface area contributed by atoms with Gasteiger partial charge < -0.3 is 15.2 Å². The highest BCUT2D eigenvalue weighted by molar-refractivity contribution is 7.93. The topological polar surface area (TPSA) is 129 Å². The van der Waals surface area contributed by atoms with Crippen molar-refractivity contribution in [2.75, 3.05) is 24.7 Å². The lowest BCUT2D eigenvalue weighted by atomic mass is 10.3. The summed E-state index contributed by atoms with van der Waals surface area (Å²) in [6, 6.07) is 2.64. The Morgan fingerprint density at radius 1 is 1.25 bits per heavy atom. The smallest absolute Gasteiger partial charge is 0.267 e. The third-order valence-electron chi connectivity index (χ3n) is 2.33. The maximum Gasteiger partial charge on any atom is 0.267 e. The SMILES string of the molecule is COc1cc(OC)c(S(=O)(=O)Nc2nnns2)cc1N. The molecular formula is C9H11N5O4S2. The minimum atomic E-state index is -3.92. The number of aromatic nitrogens is 3. The monoisotopic (exact) mass is 317 g/mol. The largest absolute Gasteiger partial charge is 0.495 e. The molecule has 1 aromatic carbocycles. The number of nitrogens with two attached hydrogens (primary N) is 1. The van der Waals surface area contributed by atoms with Crippen LogP contribution >= 0.6 is 11.5 Å². The van der Waals surface area contributed by atoms with Gasteiger partial charge in [-0.05, 0) is 11.3 Å². The number of anilines is 2. The summed E-state index contributed by atoms with van der Waals surface area (Å²) in [5, 5.41) is 6.86. The van der Waals surface area contributed by atoms with Gasteiger partial charge in [0.05, 0.1) is 19.9 Å². The number of nitrogens with one attached hydrogen (secondary N) is 1. The molecule has 108 valence electrons. The third-order valence-corrected chi connectivity index (χ3v) is 4.33. The number of nitrogens with zero attached hydrogens (tertiary/aromatic N) is 3. The van der Waals surface area contributed by atoms with Crippen molar-refractivity contribution in [1.82, 2.24) is 14.8 Å². The second-order valence-electron chi connectivity index (χ2n) is 3.52. The van der Waals surface area contributed by atoms with Crippen LogP contribution in [-0.2, 0) is 10.0 Å². The van der Waals surface area contributed by atoms with Gasteiger partial charge in [0.1, 0.15) is 16.4 Å². The fourth-order valence-electron chi connectivity index (χ4n) is 1.45. The first-order chi connectivity index (χ1) is 9.47. The van der Waals surface area contributed by atoms with Crippen LogP contribution in [0, 0.1) is 0 Å². The summed E-state index contributed by atoms with van der Waals surface area (Å²) in [6.07, 6.45) is 0. The Morgan fingerprint density at radius 3 is 2.50 bits per heavy atom. The van der Waals surface area contributed by atoms with Gasteiger partial charge in [0.2, 0.25) is 5.13 Å². The van der Waals surface area contributed by atoms with E-state index in [0.29, 0.717) is 5.75 Å². The number of nitrogen functional groups attached to an aromatic ring is 1. The van der Waals surface area contributed by atoms with E-state index in [4.69, 9.17) is 15.2 Å². The van der Waals surface area contributed by atoms with Gasteiger partial charge in [-0.1, -0.05) is 9.59 Å². The van der Waals surface area contributed by atoms with Crippen LogP contribution in [0.5, 0.6) is 11.5 Å². The zero-order valence-electron chi connectivity index (χ0n) is 10.5. The molecule has 11 heteroatoms. The normalized spacial score (nSPS) is 11.1. The minimum Gasteiger partial charge on any atom is -0.495 e. The molecule has 2 aromatic rings. The van der Waals surface area contributed by atoms with Crippen LogP contribution in [0.3, 0.4) is 0 Å². The number of methoxy groups -OCH3 is 2. The molecule has 0 atom stereocenters. The Morgan fingerprint density at radius 2 is 1.95 bits per heavy atom. The van der Waals surface area contributed by atoms with E-state index in [0.717, 1.165) is 11.5 Å². The number of ether oxygens (including phenoxy) is 2. The molecule has 0 spiro atoms. The van der Waals surface area contributed by atoms with Crippen LogP contribution in [0.1, 0.15) is 0 Å². The molecule has 9 nitrogen and oxygen atoms in total. The van der Waals surface area contributed by atoms with Crippen molar-refractivity contribution in [2.24, 2.45) is 0 Å². The van der Waals surface area contributed by atoms with E-state index in [2.05, 4.69) is 19.5 Å². The van der Waals surface area contributed by atoms with Crippen molar-refractivity contribution in [1.29, 1.82) is 0 Å². The summed E-state index contributed by atoms with van der Waals surface area (Å²) in [6.45, 7) is 0. The van der Waals surface area contributed by atoms with Crippen molar-refractivity contribution in [3.8, 4) is 11.5 Å². The van der Waals surface area contributed by atoms with Crippen LogP contribution in [0.15, 0.2) is 17.0 Å². The number of benzene rings is 1. The van der Waals surface area contributed by atoms with Gasteiger partial charge in [0.25, 0.3) is 10.0 Å². The number of sulfonamides is 1. The third kappa shape index (κ3) is 2.72. The lowest BCUT2D eigenvalue weighted by Crippen LogP contribution is -2.14. The molecule has 1 aromatic heterocycles. The van der Waals surface area contributed by atoms with E-state index in [1.54, 1.807) is 0 Å². The standard InChI is InChI=1S/C9H11N5O4S2/c1-17-6-4-7(18-2)8(3-5(6)10)20(15,16)12-9-11-13-14-19-9/h3-4H,10H2,1-2H3,(H,11,12,14). The molecule has 0 aliphatic carbocycles. The molecule has 3 N–H and O–H groups in total. The van der Waals surface area contributed by atoms with Gasteiger partial charge in [-0.2, -0.15) is 0 Å². The Labute approximate surface area is 118 Å². The minimum absolute atomic E-state index is 0.0430. The zero-order chi connectivity index (χ0) is 14.8. The Bertz CT molecular complexity index is 701. The first-order valence-electron chi connectivity index (χ1n) is 5.17. The molecule has 1 heterocycles. The van der Waals surface area contributed by atoms with Gasteiger partial charge in [0, 0.05) is 17.6 Å². The highest BCUT2D eigenvalue weighted by atomic mass is 32.2. The molecule has 0 unspecified atom stereocenters. The molecular weight excluding hydrogens is 306 g/mol. The molecule has 0 aliphatic heterocycles. The number of rotatable bonds is 5. The van der Waals surface area contributed by atoms with Gasteiger partial charge >= 0.3 is 0 Å². The van der Waals surface area contributed by atoms with Crippen molar-refractivity contribution >= 4 is 32.4 Å². The van der Waals surface area contributed by atoms with Gasteiger partial charge in [-0.25, -0.2) is 8.42 Å². The molecule has 20 heavy (non-hydrogen) atoms.